The minimum Gasteiger partial charge on any atom is -0.506 e. The lowest BCUT2D eigenvalue weighted by Crippen LogP contribution is -2.52. The van der Waals surface area contributed by atoms with Crippen molar-refractivity contribution in [2.75, 3.05) is 39.4 Å². The monoisotopic (exact) mass is 872 g/mol. The number of H-pyrrole nitrogens is 1. The lowest BCUT2D eigenvalue weighted by Gasteiger charge is -2.43. The first-order valence-corrected chi connectivity index (χ1v) is 21.4. The number of benzene rings is 5. The zero-order chi connectivity index (χ0) is 43.7. The molecule has 5 aromatic carbocycles. The second kappa shape index (κ2) is 20.2. The van der Waals surface area contributed by atoms with Gasteiger partial charge in [-0.1, -0.05) is 78.3 Å². The number of aliphatic hydroxyl groups is 1. The van der Waals surface area contributed by atoms with Crippen LogP contribution in [0, 0.1) is 5.92 Å². The maximum atomic E-state index is 13.2. The fourth-order valence-corrected chi connectivity index (χ4v) is 8.44. The van der Waals surface area contributed by atoms with E-state index in [1.54, 1.807) is 36.4 Å². The van der Waals surface area contributed by atoms with Gasteiger partial charge in [0.2, 0.25) is 5.56 Å². The van der Waals surface area contributed by atoms with Gasteiger partial charge in [-0.25, -0.2) is 9.59 Å². The van der Waals surface area contributed by atoms with Crippen molar-refractivity contribution in [1.29, 1.82) is 0 Å². The van der Waals surface area contributed by atoms with Crippen LogP contribution in [-0.2, 0) is 22.6 Å². The number of phenols is 1. The lowest BCUT2D eigenvalue weighted by molar-refractivity contribution is -0.0336. The Labute approximate surface area is 369 Å². The largest absolute Gasteiger partial charge is 0.506 e. The maximum absolute atomic E-state index is 13.2. The number of nitrogens with one attached hydrogen (secondary N) is 3. The van der Waals surface area contributed by atoms with Gasteiger partial charge >= 0.3 is 12.1 Å². The van der Waals surface area contributed by atoms with Gasteiger partial charge in [0, 0.05) is 31.1 Å². The van der Waals surface area contributed by atoms with Crippen molar-refractivity contribution in [1.82, 2.24) is 20.5 Å². The summed E-state index contributed by atoms with van der Waals surface area (Å²) in [5.41, 5.74) is 4.38. The first kappa shape index (κ1) is 43.3. The van der Waals surface area contributed by atoms with Crippen LogP contribution in [0.25, 0.3) is 10.9 Å². The van der Waals surface area contributed by atoms with Crippen LogP contribution in [0.5, 0.6) is 17.2 Å². The van der Waals surface area contributed by atoms with E-state index in [9.17, 15) is 24.6 Å². The SMILES string of the molecule is O=C(N[C@@H](c1ccccc1)c1cccc(OCc2ccc(C(=O)OCCOc3ccc(CNCC(O)c4ccc(O)c5[nH]c(=O)ccc45)cc3Cl)cc2)c1)OC1CN2CCC1CC2. The number of aromatic nitrogens is 1. The minimum atomic E-state index is -0.899. The number of esters is 1. The number of nitrogens with zero attached hydrogens (tertiary/aromatic N) is 1. The molecule has 0 radical (unpaired) electrons. The lowest BCUT2D eigenvalue weighted by atomic mass is 9.86. The number of rotatable bonds is 17. The highest BCUT2D eigenvalue weighted by Crippen LogP contribution is 2.32. The van der Waals surface area contributed by atoms with Crippen LogP contribution >= 0.6 is 11.6 Å². The molecule has 63 heavy (non-hydrogen) atoms. The molecule has 0 aliphatic carbocycles. The topological polar surface area (TPSA) is 172 Å². The third-order valence-electron chi connectivity index (χ3n) is 11.5. The smallest absolute Gasteiger partial charge is 0.408 e. The Balaban J connectivity index is 0.773. The van der Waals surface area contributed by atoms with Gasteiger partial charge in [0.05, 0.1) is 28.2 Å². The van der Waals surface area contributed by atoms with Crippen LogP contribution in [-0.4, -0.2) is 77.7 Å². The number of aromatic hydroxyl groups is 1. The molecule has 4 heterocycles. The summed E-state index contributed by atoms with van der Waals surface area (Å²) < 4.78 is 23.3. The quantitative estimate of drug-likeness (QED) is 0.0456. The van der Waals surface area contributed by atoms with Gasteiger partial charge in [0.25, 0.3) is 0 Å². The number of fused-ring (bicyclic) bond motifs is 4. The molecule has 3 aliphatic rings. The first-order chi connectivity index (χ1) is 30.7. The van der Waals surface area contributed by atoms with Crippen LogP contribution in [0.15, 0.2) is 126 Å². The molecule has 9 rings (SSSR count). The number of pyridine rings is 1. The molecule has 0 spiro atoms. The van der Waals surface area contributed by atoms with Crippen molar-refractivity contribution in [2.45, 2.75) is 44.2 Å². The van der Waals surface area contributed by atoms with E-state index in [0.29, 0.717) is 45.5 Å². The van der Waals surface area contributed by atoms with Gasteiger partial charge in [0.1, 0.15) is 43.2 Å². The van der Waals surface area contributed by atoms with Gasteiger partial charge in [-0.2, -0.15) is 0 Å². The molecule has 1 aromatic heterocycles. The molecule has 0 saturated carbocycles. The molecule has 13 nitrogen and oxygen atoms in total. The van der Waals surface area contributed by atoms with E-state index < -0.39 is 24.2 Å². The van der Waals surface area contributed by atoms with E-state index in [1.807, 2.05) is 72.8 Å². The molecule has 3 saturated heterocycles. The third kappa shape index (κ3) is 11.0. The van der Waals surface area contributed by atoms with Gasteiger partial charge in [-0.3, -0.25) is 9.69 Å². The number of amides is 1. The summed E-state index contributed by atoms with van der Waals surface area (Å²) in [6.07, 6.45) is 0.690. The van der Waals surface area contributed by atoms with Crippen LogP contribution in [0.3, 0.4) is 0 Å². The molecule has 2 unspecified atom stereocenters. The summed E-state index contributed by atoms with van der Waals surface area (Å²) in [6, 6.07) is 35.3. The van der Waals surface area contributed by atoms with Gasteiger partial charge in [0.15, 0.2) is 0 Å². The first-order valence-electron chi connectivity index (χ1n) is 21.0. The number of alkyl carbamates (subject to hydrolysis) is 1. The van der Waals surface area contributed by atoms with Crippen molar-refractivity contribution >= 4 is 34.6 Å². The van der Waals surface area contributed by atoms with Crippen molar-refractivity contribution in [3.8, 4) is 17.2 Å². The molecular weight excluding hydrogens is 824 g/mol. The molecule has 2 bridgehead atoms. The number of phenolic OH excluding ortho intramolecular Hbond substituents is 1. The Morgan fingerprint density at radius 3 is 2.38 bits per heavy atom. The number of hydrogen-bond acceptors (Lipinski definition) is 11. The minimum absolute atomic E-state index is 0.00759. The normalized spacial score (nSPS) is 17.7. The van der Waals surface area contributed by atoms with E-state index >= 15 is 0 Å². The standard InChI is InChI=1S/C49H49ClN4O9/c50-40-25-32(27-51-28-42(56)38-14-16-41(55)47-39(38)15-18-45(57)52-47)11-17-43(40)60-23-24-61-48(58)35-12-9-31(10-13-35)30-62-37-8-4-7-36(26-37)46(34-5-2-1-3-6-34)53-49(59)63-44-29-54-21-19-33(44)20-22-54/h1-18,25-26,33,42,44,46,51,55-56H,19-24,27-30H2,(H,52,57)(H,53,59)/t42?,44?,46-/m0/s1. The highest BCUT2D eigenvalue weighted by molar-refractivity contribution is 6.32. The van der Waals surface area contributed by atoms with Gasteiger partial charge in [-0.05, 0) is 108 Å². The summed E-state index contributed by atoms with van der Waals surface area (Å²) in [5.74, 6) is 0.914. The van der Waals surface area contributed by atoms with Crippen LogP contribution < -0.4 is 25.7 Å². The van der Waals surface area contributed by atoms with Crippen LogP contribution in [0.1, 0.15) is 63.2 Å². The highest BCUT2D eigenvalue weighted by Gasteiger charge is 2.37. The second-order valence-electron chi connectivity index (χ2n) is 15.8. The zero-order valence-corrected chi connectivity index (χ0v) is 35.3. The number of carbonyl (C=O) groups excluding carboxylic acids is 2. The number of aromatic amines is 1. The Kier molecular flexibility index (Phi) is 13.9. The van der Waals surface area contributed by atoms with E-state index in [4.69, 9.17) is 30.5 Å². The molecule has 1 amide bonds. The number of hydrogen-bond donors (Lipinski definition) is 5. The average Bonchev–Trinajstić information content (AvgIpc) is 3.30. The maximum Gasteiger partial charge on any atom is 0.408 e. The van der Waals surface area contributed by atoms with Gasteiger partial charge < -0.3 is 44.8 Å². The fourth-order valence-electron chi connectivity index (χ4n) is 8.18. The van der Waals surface area contributed by atoms with Crippen molar-refractivity contribution in [3.63, 3.8) is 0 Å². The predicted octanol–water partition coefficient (Wildman–Crippen LogP) is 7.43. The highest BCUT2D eigenvalue weighted by atomic mass is 35.5. The number of piperidine rings is 3. The summed E-state index contributed by atoms with van der Waals surface area (Å²) in [5, 5.41) is 28.2. The summed E-state index contributed by atoms with van der Waals surface area (Å²) >= 11 is 6.49. The molecule has 3 fully saturated rings. The summed E-state index contributed by atoms with van der Waals surface area (Å²) in [4.78, 5) is 42.7. The fraction of sp³-hybridized carbons (Fsp3) is 0.286. The van der Waals surface area contributed by atoms with E-state index in [0.717, 1.165) is 54.7 Å². The summed E-state index contributed by atoms with van der Waals surface area (Å²) in [6.45, 7) is 3.90. The van der Waals surface area contributed by atoms with Gasteiger partial charge in [-0.15, -0.1) is 0 Å². The predicted molar refractivity (Wildman–Crippen MR) is 238 cm³/mol. The molecule has 3 aliphatic heterocycles. The Morgan fingerprint density at radius 1 is 0.841 bits per heavy atom. The number of halogens is 1. The molecule has 326 valence electrons. The number of ether oxygens (including phenoxy) is 4. The van der Waals surface area contributed by atoms with E-state index in [-0.39, 0.29) is 49.3 Å². The Hall–Kier alpha value is -6.38. The average molecular weight is 873 g/mol. The molecule has 14 heteroatoms. The molecule has 6 aromatic rings. The second-order valence-corrected chi connectivity index (χ2v) is 16.2. The van der Waals surface area contributed by atoms with Crippen molar-refractivity contribution in [3.05, 3.63) is 170 Å². The Morgan fingerprint density at radius 2 is 1.62 bits per heavy atom. The summed E-state index contributed by atoms with van der Waals surface area (Å²) in [7, 11) is 0. The van der Waals surface area contributed by atoms with Crippen LogP contribution in [0.4, 0.5) is 4.79 Å². The third-order valence-corrected chi connectivity index (χ3v) is 11.8. The van der Waals surface area contributed by atoms with Crippen molar-refractivity contribution in [2.24, 2.45) is 5.92 Å². The molecule has 5 N–H and O–H groups in total. The number of aliphatic hydroxyl groups excluding tert-OH is 1. The van der Waals surface area contributed by atoms with E-state index in [1.165, 1.54) is 12.1 Å². The molecular formula is C49H49ClN4O9. The van der Waals surface area contributed by atoms with Crippen LogP contribution in [0.2, 0.25) is 5.02 Å². The van der Waals surface area contributed by atoms with E-state index in [2.05, 4.69) is 20.5 Å². The Bertz CT molecular complexity index is 2580. The number of carbonyl (C=O) groups is 2. The van der Waals surface area contributed by atoms with Crippen molar-refractivity contribution < 1.29 is 38.7 Å². The molecule has 3 atom stereocenters. The zero-order valence-electron chi connectivity index (χ0n) is 34.5.